The minimum atomic E-state index is -0.0375. The van der Waals surface area contributed by atoms with Gasteiger partial charge in [0, 0.05) is 29.9 Å². The number of carbonyl (C=O) groups excluding carboxylic acids is 1. The summed E-state index contributed by atoms with van der Waals surface area (Å²) in [7, 11) is 0. The monoisotopic (exact) mass is 441 g/mol. The van der Waals surface area contributed by atoms with E-state index in [4.69, 9.17) is 0 Å². The Morgan fingerprint density at radius 2 is 1.42 bits per heavy atom. The van der Waals surface area contributed by atoms with E-state index in [9.17, 15) is 4.79 Å². The molecule has 1 aliphatic rings. The van der Waals surface area contributed by atoms with Crippen LogP contribution in [0.25, 0.3) is 22.3 Å². The number of anilines is 2. The number of amides is 1. The molecule has 0 unspecified atom stereocenters. The van der Waals surface area contributed by atoms with E-state index in [1.165, 1.54) is 51.8 Å². The standard InChI is InChI=1S/C29H35N3O/c1-17(2)29(33)32-25-12-9-23(10-13-25)27-18(3)20(5)28(21(6)19(27)4)24-11-14-26(31-16-24)30-15-22-7-8-22/h9-14,16-17,22H,7-8,15H2,1-6H3,(H,30,31)(H,32,33). The minimum absolute atomic E-state index is 0.0357. The van der Waals surface area contributed by atoms with Crippen LogP contribution in [-0.2, 0) is 4.79 Å². The van der Waals surface area contributed by atoms with E-state index in [1.807, 2.05) is 32.2 Å². The number of hydrogen-bond donors (Lipinski definition) is 2. The number of benzene rings is 2. The van der Waals surface area contributed by atoms with Crippen molar-refractivity contribution in [3.05, 3.63) is 64.8 Å². The number of aromatic nitrogens is 1. The Morgan fingerprint density at radius 3 is 1.91 bits per heavy atom. The van der Waals surface area contributed by atoms with E-state index in [2.05, 4.69) is 67.6 Å². The van der Waals surface area contributed by atoms with Crippen molar-refractivity contribution < 1.29 is 4.79 Å². The van der Waals surface area contributed by atoms with E-state index in [-0.39, 0.29) is 11.8 Å². The lowest BCUT2D eigenvalue weighted by atomic mass is 9.84. The fourth-order valence-corrected chi connectivity index (χ4v) is 4.40. The van der Waals surface area contributed by atoms with E-state index in [0.29, 0.717) is 0 Å². The fraction of sp³-hybridized carbons (Fsp3) is 0.379. The van der Waals surface area contributed by atoms with Gasteiger partial charge in [0.15, 0.2) is 0 Å². The van der Waals surface area contributed by atoms with Gasteiger partial charge >= 0.3 is 0 Å². The summed E-state index contributed by atoms with van der Waals surface area (Å²) < 4.78 is 0. The SMILES string of the molecule is Cc1c(C)c(-c2ccc(NCC3CC3)nc2)c(C)c(C)c1-c1ccc(NC(=O)C(C)C)cc1. The highest BCUT2D eigenvalue weighted by Crippen LogP contribution is 2.39. The van der Waals surface area contributed by atoms with Gasteiger partial charge in [-0.15, -0.1) is 0 Å². The highest BCUT2D eigenvalue weighted by atomic mass is 16.1. The van der Waals surface area contributed by atoms with Crippen LogP contribution < -0.4 is 10.6 Å². The molecule has 2 aromatic carbocycles. The van der Waals surface area contributed by atoms with Crippen LogP contribution in [-0.4, -0.2) is 17.4 Å². The molecule has 172 valence electrons. The molecule has 0 atom stereocenters. The molecule has 1 aromatic heterocycles. The first kappa shape index (κ1) is 23.0. The number of nitrogens with zero attached hydrogens (tertiary/aromatic N) is 1. The Labute approximate surface area is 197 Å². The van der Waals surface area contributed by atoms with Crippen LogP contribution in [0, 0.1) is 39.5 Å². The summed E-state index contributed by atoms with van der Waals surface area (Å²) >= 11 is 0. The van der Waals surface area contributed by atoms with Crippen molar-refractivity contribution in [3.8, 4) is 22.3 Å². The van der Waals surface area contributed by atoms with Crippen molar-refractivity contribution in [1.29, 1.82) is 0 Å². The third-order valence-electron chi connectivity index (χ3n) is 6.91. The molecule has 1 heterocycles. The van der Waals surface area contributed by atoms with Gasteiger partial charge in [0.1, 0.15) is 5.82 Å². The first-order valence-corrected chi connectivity index (χ1v) is 12.0. The van der Waals surface area contributed by atoms with Crippen LogP contribution in [0.2, 0.25) is 0 Å². The molecule has 2 N–H and O–H groups in total. The Morgan fingerprint density at radius 1 is 0.879 bits per heavy atom. The number of pyridine rings is 1. The van der Waals surface area contributed by atoms with Gasteiger partial charge in [0.05, 0.1) is 0 Å². The second-order valence-corrected chi connectivity index (χ2v) is 9.73. The molecular formula is C29H35N3O. The third kappa shape index (κ3) is 4.95. The quantitative estimate of drug-likeness (QED) is 0.412. The Bertz CT molecular complexity index is 1130. The van der Waals surface area contributed by atoms with Crippen LogP contribution in [0.5, 0.6) is 0 Å². The largest absolute Gasteiger partial charge is 0.370 e. The fourth-order valence-electron chi connectivity index (χ4n) is 4.40. The zero-order chi connectivity index (χ0) is 23.7. The van der Waals surface area contributed by atoms with Crippen LogP contribution in [0.15, 0.2) is 42.6 Å². The summed E-state index contributed by atoms with van der Waals surface area (Å²) in [5.41, 5.74) is 10.8. The molecule has 4 nitrogen and oxygen atoms in total. The maximum atomic E-state index is 12.0. The Hall–Kier alpha value is -3.14. The van der Waals surface area contributed by atoms with Crippen LogP contribution in [0.4, 0.5) is 11.5 Å². The molecular weight excluding hydrogens is 406 g/mol. The van der Waals surface area contributed by atoms with Gasteiger partial charge in [-0.25, -0.2) is 4.98 Å². The lowest BCUT2D eigenvalue weighted by molar-refractivity contribution is -0.118. The lowest BCUT2D eigenvalue weighted by Crippen LogP contribution is -2.17. The molecule has 0 bridgehead atoms. The average molecular weight is 442 g/mol. The molecule has 1 fully saturated rings. The number of rotatable bonds is 7. The smallest absolute Gasteiger partial charge is 0.226 e. The maximum absolute atomic E-state index is 12.0. The van der Waals surface area contributed by atoms with Crippen molar-refractivity contribution in [2.45, 2.75) is 54.4 Å². The second kappa shape index (κ2) is 9.38. The molecule has 33 heavy (non-hydrogen) atoms. The summed E-state index contributed by atoms with van der Waals surface area (Å²) in [5.74, 6) is 1.78. The van der Waals surface area contributed by atoms with Gasteiger partial charge in [0.2, 0.25) is 5.91 Å². The van der Waals surface area contributed by atoms with Gasteiger partial charge in [-0.1, -0.05) is 26.0 Å². The molecule has 4 heteroatoms. The van der Waals surface area contributed by atoms with E-state index in [1.54, 1.807) is 0 Å². The molecule has 1 amide bonds. The summed E-state index contributed by atoms with van der Waals surface area (Å²) in [5, 5.41) is 6.43. The van der Waals surface area contributed by atoms with Crippen molar-refractivity contribution in [1.82, 2.24) is 4.98 Å². The Kier molecular flexibility index (Phi) is 6.55. The third-order valence-corrected chi connectivity index (χ3v) is 6.91. The maximum Gasteiger partial charge on any atom is 0.226 e. The summed E-state index contributed by atoms with van der Waals surface area (Å²) in [6.45, 7) is 13.6. The summed E-state index contributed by atoms with van der Waals surface area (Å²) in [6, 6.07) is 12.5. The topological polar surface area (TPSA) is 54.0 Å². The molecule has 1 aliphatic carbocycles. The lowest BCUT2D eigenvalue weighted by Gasteiger charge is -2.21. The zero-order valence-electron chi connectivity index (χ0n) is 20.7. The Balaban J connectivity index is 1.63. The van der Waals surface area contributed by atoms with Crippen molar-refractivity contribution in [3.63, 3.8) is 0 Å². The van der Waals surface area contributed by atoms with Crippen molar-refractivity contribution in [2.75, 3.05) is 17.2 Å². The number of nitrogens with one attached hydrogen (secondary N) is 2. The highest BCUT2D eigenvalue weighted by molar-refractivity contribution is 5.92. The minimum Gasteiger partial charge on any atom is -0.370 e. The predicted molar refractivity (Wildman–Crippen MR) is 139 cm³/mol. The molecule has 0 saturated heterocycles. The van der Waals surface area contributed by atoms with Gasteiger partial charge in [-0.05, 0) is 110 Å². The summed E-state index contributed by atoms with van der Waals surface area (Å²) in [4.78, 5) is 16.7. The van der Waals surface area contributed by atoms with E-state index in [0.717, 1.165) is 29.5 Å². The average Bonchev–Trinajstić information content (AvgIpc) is 3.63. The first-order valence-electron chi connectivity index (χ1n) is 12.0. The normalized spacial score (nSPS) is 13.3. The van der Waals surface area contributed by atoms with Gasteiger partial charge < -0.3 is 10.6 Å². The predicted octanol–water partition coefficient (Wildman–Crippen LogP) is 7.07. The van der Waals surface area contributed by atoms with Crippen molar-refractivity contribution >= 4 is 17.4 Å². The van der Waals surface area contributed by atoms with Crippen LogP contribution in [0.3, 0.4) is 0 Å². The molecule has 0 spiro atoms. The second-order valence-electron chi connectivity index (χ2n) is 9.73. The highest BCUT2D eigenvalue weighted by Gasteiger charge is 2.21. The van der Waals surface area contributed by atoms with E-state index < -0.39 is 0 Å². The number of hydrogen-bond acceptors (Lipinski definition) is 3. The van der Waals surface area contributed by atoms with E-state index >= 15 is 0 Å². The van der Waals surface area contributed by atoms with Crippen LogP contribution in [0.1, 0.15) is 48.9 Å². The van der Waals surface area contributed by atoms with Gasteiger partial charge in [-0.2, -0.15) is 0 Å². The van der Waals surface area contributed by atoms with Gasteiger partial charge in [0.25, 0.3) is 0 Å². The van der Waals surface area contributed by atoms with Crippen LogP contribution >= 0.6 is 0 Å². The van der Waals surface area contributed by atoms with Crippen molar-refractivity contribution in [2.24, 2.45) is 11.8 Å². The summed E-state index contributed by atoms with van der Waals surface area (Å²) in [6.07, 6.45) is 4.67. The zero-order valence-corrected chi connectivity index (χ0v) is 20.7. The molecule has 1 saturated carbocycles. The molecule has 0 aliphatic heterocycles. The van der Waals surface area contributed by atoms with Gasteiger partial charge in [-0.3, -0.25) is 4.79 Å². The molecule has 0 radical (unpaired) electrons. The number of carbonyl (C=O) groups is 1. The first-order chi connectivity index (χ1) is 15.8. The molecule has 4 rings (SSSR count). The molecule has 3 aromatic rings.